The van der Waals surface area contributed by atoms with Gasteiger partial charge in [-0.2, -0.15) is 0 Å². The lowest BCUT2D eigenvalue weighted by Gasteiger charge is -2.02. The molecule has 0 bridgehead atoms. The third-order valence-corrected chi connectivity index (χ3v) is 3.17. The van der Waals surface area contributed by atoms with E-state index in [0.717, 1.165) is 22.4 Å². The summed E-state index contributed by atoms with van der Waals surface area (Å²) in [5, 5.41) is 9.53. The van der Waals surface area contributed by atoms with Crippen LogP contribution in [0.15, 0.2) is 42.5 Å². The number of aryl methyl sites for hydroxylation is 2. The minimum absolute atomic E-state index is 0.265. The number of aromatic nitrogens is 2. The Bertz CT molecular complexity index is 711. The van der Waals surface area contributed by atoms with Gasteiger partial charge in [-0.1, -0.05) is 29.8 Å². The number of rotatable bonds is 1. The van der Waals surface area contributed by atoms with Crippen LogP contribution in [0.25, 0.3) is 22.4 Å². The highest BCUT2D eigenvalue weighted by molar-refractivity contribution is 5.81. The first kappa shape index (κ1) is 10.8. The Morgan fingerprint density at radius 3 is 2.50 bits per heavy atom. The molecule has 90 valence electrons. The average Bonchev–Trinajstić information content (AvgIpc) is 2.68. The summed E-state index contributed by atoms with van der Waals surface area (Å²) < 4.78 is 2.00. The molecule has 1 heterocycles. The molecular formula is C15H14N2O. The number of imidazole rings is 1. The molecule has 0 saturated carbocycles. The Morgan fingerprint density at radius 2 is 1.78 bits per heavy atom. The number of hydrogen-bond donors (Lipinski definition) is 1. The smallest absolute Gasteiger partial charge is 0.140 e. The summed E-state index contributed by atoms with van der Waals surface area (Å²) in [5.74, 6) is 1.18. The first-order valence-electron chi connectivity index (χ1n) is 5.87. The first-order valence-corrected chi connectivity index (χ1v) is 5.87. The van der Waals surface area contributed by atoms with Crippen molar-refractivity contribution in [1.82, 2.24) is 9.55 Å². The van der Waals surface area contributed by atoms with Crippen LogP contribution in [0.5, 0.6) is 5.75 Å². The molecule has 0 aliphatic heterocycles. The van der Waals surface area contributed by atoms with Gasteiger partial charge < -0.3 is 9.67 Å². The van der Waals surface area contributed by atoms with Crippen LogP contribution in [0.4, 0.5) is 0 Å². The SMILES string of the molecule is Cc1ccc(-c2nc3ccc(O)cc3n2C)cc1. The van der Waals surface area contributed by atoms with E-state index in [2.05, 4.69) is 36.2 Å². The highest BCUT2D eigenvalue weighted by Crippen LogP contribution is 2.26. The van der Waals surface area contributed by atoms with Crippen LogP contribution in [-0.4, -0.2) is 14.7 Å². The molecule has 0 aliphatic rings. The standard InChI is InChI=1S/C15H14N2O/c1-10-3-5-11(6-4-10)15-16-13-8-7-12(18)9-14(13)17(15)2/h3-9,18H,1-2H3. The number of fused-ring (bicyclic) bond motifs is 1. The van der Waals surface area contributed by atoms with Gasteiger partial charge >= 0.3 is 0 Å². The maximum absolute atomic E-state index is 9.53. The Hall–Kier alpha value is -2.29. The number of benzene rings is 2. The van der Waals surface area contributed by atoms with Crippen LogP contribution < -0.4 is 0 Å². The number of nitrogens with zero attached hydrogens (tertiary/aromatic N) is 2. The molecule has 3 nitrogen and oxygen atoms in total. The Balaban J connectivity index is 2.23. The summed E-state index contributed by atoms with van der Waals surface area (Å²) in [6.45, 7) is 2.07. The van der Waals surface area contributed by atoms with Crippen molar-refractivity contribution >= 4 is 11.0 Å². The Labute approximate surface area is 105 Å². The van der Waals surface area contributed by atoms with E-state index in [4.69, 9.17) is 0 Å². The van der Waals surface area contributed by atoms with Gasteiger partial charge in [-0.25, -0.2) is 4.98 Å². The fourth-order valence-corrected chi connectivity index (χ4v) is 2.14. The van der Waals surface area contributed by atoms with Gasteiger partial charge in [0.1, 0.15) is 11.6 Å². The molecule has 0 atom stereocenters. The molecule has 0 saturated heterocycles. The van der Waals surface area contributed by atoms with Crippen LogP contribution in [0.2, 0.25) is 0 Å². The van der Waals surface area contributed by atoms with Crippen molar-refractivity contribution in [2.45, 2.75) is 6.92 Å². The van der Waals surface area contributed by atoms with Crippen LogP contribution in [0.1, 0.15) is 5.56 Å². The van der Waals surface area contributed by atoms with Crippen molar-refractivity contribution in [3.63, 3.8) is 0 Å². The molecule has 0 unspecified atom stereocenters. The minimum Gasteiger partial charge on any atom is -0.508 e. The molecule has 1 N–H and O–H groups in total. The predicted molar refractivity (Wildman–Crippen MR) is 72.6 cm³/mol. The van der Waals surface area contributed by atoms with Crippen molar-refractivity contribution in [2.24, 2.45) is 7.05 Å². The third-order valence-electron chi connectivity index (χ3n) is 3.17. The molecule has 3 heteroatoms. The van der Waals surface area contributed by atoms with Crippen LogP contribution in [0.3, 0.4) is 0 Å². The van der Waals surface area contributed by atoms with Gasteiger partial charge in [-0.05, 0) is 19.1 Å². The lowest BCUT2D eigenvalue weighted by molar-refractivity contribution is 0.476. The zero-order chi connectivity index (χ0) is 12.7. The van der Waals surface area contributed by atoms with Gasteiger partial charge in [0, 0.05) is 18.7 Å². The maximum atomic E-state index is 9.53. The number of hydrogen-bond acceptors (Lipinski definition) is 2. The van der Waals surface area contributed by atoms with Crippen LogP contribution in [-0.2, 0) is 7.05 Å². The molecule has 0 fully saturated rings. The molecular weight excluding hydrogens is 224 g/mol. The van der Waals surface area contributed by atoms with Crippen LogP contribution in [0, 0.1) is 6.92 Å². The number of phenols is 1. The lowest BCUT2D eigenvalue weighted by atomic mass is 10.1. The van der Waals surface area contributed by atoms with Crippen molar-refractivity contribution in [3.8, 4) is 17.1 Å². The molecule has 3 rings (SSSR count). The zero-order valence-electron chi connectivity index (χ0n) is 10.4. The summed E-state index contributed by atoms with van der Waals surface area (Å²) in [7, 11) is 1.96. The van der Waals surface area contributed by atoms with E-state index in [-0.39, 0.29) is 5.75 Å². The molecule has 0 aliphatic carbocycles. The lowest BCUT2D eigenvalue weighted by Crippen LogP contribution is -1.92. The third kappa shape index (κ3) is 1.64. The summed E-state index contributed by atoms with van der Waals surface area (Å²) in [5.41, 5.74) is 4.14. The fraction of sp³-hybridized carbons (Fsp3) is 0.133. The Morgan fingerprint density at radius 1 is 1.06 bits per heavy atom. The van der Waals surface area contributed by atoms with Crippen molar-refractivity contribution in [2.75, 3.05) is 0 Å². The summed E-state index contributed by atoms with van der Waals surface area (Å²) >= 11 is 0. The van der Waals surface area contributed by atoms with Gasteiger partial charge in [0.15, 0.2) is 0 Å². The van der Waals surface area contributed by atoms with Gasteiger partial charge in [0.25, 0.3) is 0 Å². The topological polar surface area (TPSA) is 38.1 Å². The summed E-state index contributed by atoms with van der Waals surface area (Å²) in [4.78, 5) is 4.61. The largest absolute Gasteiger partial charge is 0.508 e. The van der Waals surface area contributed by atoms with E-state index in [1.807, 2.05) is 17.7 Å². The summed E-state index contributed by atoms with van der Waals surface area (Å²) in [6.07, 6.45) is 0. The number of phenolic OH excluding ortho intramolecular Hbond substituents is 1. The van der Waals surface area contributed by atoms with E-state index >= 15 is 0 Å². The fourth-order valence-electron chi connectivity index (χ4n) is 2.14. The second-order valence-corrected chi connectivity index (χ2v) is 4.53. The molecule has 0 radical (unpaired) electrons. The Kier molecular flexibility index (Phi) is 2.33. The highest BCUT2D eigenvalue weighted by atomic mass is 16.3. The van der Waals surface area contributed by atoms with E-state index in [0.29, 0.717) is 0 Å². The molecule has 0 amide bonds. The van der Waals surface area contributed by atoms with Crippen LogP contribution >= 0.6 is 0 Å². The second kappa shape index (κ2) is 3.88. The average molecular weight is 238 g/mol. The van der Waals surface area contributed by atoms with E-state index in [1.165, 1.54) is 5.56 Å². The zero-order valence-corrected chi connectivity index (χ0v) is 10.4. The van der Waals surface area contributed by atoms with Gasteiger partial charge in [-0.15, -0.1) is 0 Å². The molecule has 1 aromatic heterocycles. The highest BCUT2D eigenvalue weighted by Gasteiger charge is 2.09. The van der Waals surface area contributed by atoms with E-state index in [1.54, 1.807) is 12.1 Å². The molecule has 2 aromatic carbocycles. The summed E-state index contributed by atoms with van der Waals surface area (Å²) in [6, 6.07) is 13.5. The second-order valence-electron chi connectivity index (χ2n) is 4.53. The van der Waals surface area contributed by atoms with Gasteiger partial charge in [0.05, 0.1) is 11.0 Å². The molecule has 18 heavy (non-hydrogen) atoms. The van der Waals surface area contributed by atoms with Crippen molar-refractivity contribution in [3.05, 3.63) is 48.0 Å². The van der Waals surface area contributed by atoms with E-state index in [9.17, 15) is 5.11 Å². The molecule has 0 spiro atoms. The van der Waals surface area contributed by atoms with Crippen molar-refractivity contribution < 1.29 is 5.11 Å². The maximum Gasteiger partial charge on any atom is 0.140 e. The van der Waals surface area contributed by atoms with E-state index < -0.39 is 0 Å². The quantitative estimate of drug-likeness (QED) is 0.706. The monoisotopic (exact) mass is 238 g/mol. The normalized spacial score (nSPS) is 11.0. The van der Waals surface area contributed by atoms with Crippen molar-refractivity contribution in [1.29, 1.82) is 0 Å². The molecule has 3 aromatic rings. The van der Waals surface area contributed by atoms with Gasteiger partial charge in [0.2, 0.25) is 0 Å². The first-order chi connectivity index (χ1) is 8.65. The van der Waals surface area contributed by atoms with Gasteiger partial charge in [-0.3, -0.25) is 0 Å². The predicted octanol–water partition coefficient (Wildman–Crippen LogP) is 3.25. The minimum atomic E-state index is 0.265. The number of aromatic hydroxyl groups is 1.